The van der Waals surface area contributed by atoms with Crippen molar-refractivity contribution in [1.82, 2.24) is 10.2 Å². The summed E-state index contributed by atoms with van der Waals surface area (Å²) in [5.74, 6) is 0. The first-order chi connectivity index (χ1) is 8.39. The van der Waals surface area contributed by atoms with Crippen molar-refractivity contribution in [2.24, 2.45) is 5.73 Å². The summed E-state index contributed by atoms with van der Waals surface area (Å²) in [5.41, 5.74) is 7.16. The minimum atomic E-state index is -4.32. The third kappa shape index (κ3) is 2.38. The molecule has 0 aliphatic rings. The minimum Gasteiger partial charge on any atom is -0.323 e. The van der Waals surface area contributed by atoms with Crippen molar-refractivity contribution < 1.29 is 13.2 Å². The average molecular weight is 255 g/mol. The number of rotatable bonds is 2. The summed E-state index contributed by atoms with van der Waals surface area (Å²) in [6, 6.07) is 4.67. The van der Waals surface area contributed by atoms with Crippen molar-refractivity contribution in [3.63, 3.8) is 0 Å². The van der Waals surface area contributed by atoms with E-state index in [2.05, 4.69) is 10.2 Å². The number of hydrogen-bond donors (Lipinski definition) is 2. The van der Waals surface area contributed by atoms with E-state index in [-0.39, 0.29) is 6.04 Å². The summed E-state index contributed by atoms with van der Waals surface area (Å²) in [6.07, 6.45) is -2.76. The third-order valence-corrected chi connectivity index (χ3v) is 2.65. The fourth-order valence-electron chi connectivity index (χ4n) is 1.71. The monoisotopic (exact) mass is 255 g/mol. The molecule has 2 rings (SSSR count). The minimum absolute atomic E-state index is 0.259. The lowest BCUT2D eigenvalue weighted by Crippen LogP contribution is -2.07. The first-order valence-corrected chi connectivity index (χ1v) is 5.36. The van der Waals surface area contributed by atoms with Crippen molar-refractivity contribution in [2.75, 3.05) is 0 Å². The second-order valence-electron chi connectivity index (χ2n) is 4.06. The van der Waals surface area contributed by atoms with Crippen LogP contribution in [0.15, 0.2) is 30.5 Å². The van der Waals surface area contributed by atoms with E-state index in [1.165, 1.54) is 12.1 Å². The smallest absolute Gasteiger partial charge is 0.323 e. The summed E-state index contributed by atoms with van der Waals surface area (Å²) < 4.78 is 37.3. The SMILES string of the molecule is CC(N)c1[nH]ncc1-c1ccc(C(F)(F)F)cc1. The molecule has 0 fully saturated rings. The molecule has 0 saturated heterocycles. The number of nitrogens with zero attached hydrogens (tertiary/aromatic N) is 1. The first kappa shape index (κ1) is 12.6. The lowest BCUT2D eigenvalue weighted by atomic mass is 10.0. The Morgan fingerprint density at radius 3 is 2.33 bits per heavy atom. The van der Waals surface area contributed by atoms with Gasteiger partial charge < -0.3 is 5.73 Å². The van der Waals surface area contributed by atoms with Crippen LogP contribution in [0.4, 0.5) is 13.2 Å². The maximum absolute atomic E-state index is 12.4. The molecule has 1 atom stereocenters. The van der Waals surface area contributed by atoms with Crippen LogP contribution < -0.4 is 5.73 Å². The van der Waals surface area contributed by atoms with Gasteiger partial charge in [-0.15, -0.1) is 0 Å². The molecule has 2 aromatic rings. The van der Waals surface area contributed by atoms with Crippen molar-refractivity contribution in [3.05, 3.63) is 41.7 Å². The molecule has 1 aromatic carbocycles. The molecule has 0 amide bonds. The third-order valence-electron chi connectivity index (χ3n) is 2.65. The van der Waals surface area contributed by atoms with Crippen LogP contribution in [-0.2, 0) is 6.18 Å². The van der Waals surface area contributed by atoms with Gasteiger partial charge in [-0.05, 0) is 24.6 Å². The molecule has 18 heavy (non-hydrogen) atoms. The number of aromatic nitrogens is 2. The predicted molar refractivity (Wildman–Crippen MR) is 61.6 cm³/mol. The number of alkyl halides is 3. The molecule has 0 spiro atoms. The number of benzene rings is 1. The number of halogens is 3. The van der Waals surface area contributed by atoms with E-state index < -0.39 is 11.7 Å². The van der Waals surface area contributed by atoms with Gasteiger partial charge in [0.2, 0.25) is 0 Å². The fraction of sp³-hybridized carbons (Fsp3) is 0.250. The van der Waals surface area contributed by atoms with E-state index in [9.17, 15) is 13.2 Å². The van der Waals surface area contributed by atoms with Gasteiger partial charge in [0, 0.05) is 11.6 Å². The number of H-pyrrole nitrogens is 1. The Labute approximate surface area is 102 Å². The van der Waals surface area contributed by atoms with Gasteiger partial charge in [0.15, 0.2) is 0 Å². The van der Waals surface area contributed by atoms with E-state index in [0.717, 1.165) is 17.7 Å². The molecule has 3 N–H and O–H groups in total. The second kappa shape index (κ2) is 4.45. The first-order valence-electron chi connectivity index (χ1n) is 5.36. The lowest BCUT2D eigenvalue weighted by molar-refractivity contribution is -0.137. The predicted octanol–water partition coefficient (Wildman–Crippen LogP) is 3.12. The quantitative estimate of drug-likeness (QED) is 0.866. The molecular weight excluding hydrogens is 243 g/mol. The van der Waals surface area contributed by atoms with E-state index >= 15 is 0 Å². The molecule has 1 unspecified atom stereocenters. The van der Waals surface area contributed by atoms with Gasteiger partial charge >= 0.3 is 6.18 Å². The summed E-state index contributed by atoms with van der Waals surface area (Å²) in [7, 11) is 0. The van der Waals surface area contributed by atoms with Crippen LogP contribution in [0.1, 0.15) is 24.2 Å². The van der Waals surface area contributed by atoms with Gasteiger partial charge in [-0.2, -0.15) is 18.3 Å². The van der Waals surface area contributed by atoms with E-state index in [1.54, 1.807) is 13.1 Å². The normalized spacial score (nSPS) is 13.6. The van der Waals surface area contributed by atoms with Crippen LogP contribution in [0, 0.1) is 0 Å². The van der Waals surface area contributed by atoms with Gasteiger partial charge in [-0.3, -0.25) is 5.10 Å². The van der Waals surface area contributed by atoms with Crippen LogP contribution in [0.25, 0.3) is 11.1 Å². The molecule has 0 saturated carbocycles. The Morgan fingerprint density at radius 1 is 1.22 bits per heavy atom. The molecule has 1 heterocycles. The Bertz CT molecular complexity index is 526. The summed E-state index contributed by atoms with van der Waals surface area (Å²) >= 11 is 0. The van der Waals surface area contributed by atoms with Crippen molar-refractivity contribution in [1.29, 1.82) is 0 Å². The molecule has 3 nitrogen and oxygen atoms in total. The summed E-state index contributed by atoms with van der Waals surface area (Å²) in [6.45, 7) is 1.78. The van der Waals surface area contributed by atoms with E-state index in [0.29, 0.717) is 11.3 Å². The fourth-order valence-corrected chi connectivity index (χ4v) is 1.71. The Morgan fingerprint density at radius 2 is 1.83 bits per heavy atom. The highest BCUT2D eigenvalue weighted by Crippen LogP contribution is 2.32. The maximum atomic E-state index is 12.4. The van der Waals surface area contributed by atoms with Crippen LogP contribution in [0.2, 0.25) is 0 Å². The lowest BCUT2D eigenvalue weighted by Gasteiger charge is -2.09. The highest BCUT2D eigenvalue weighted by molar-refractivity contribution is 5.66. The zero-order valence-corrected chi connectivity index (χ0v) is 9.62. The van der Waals surface area contributed by atoms with Crippen LogP contribution in [-0.4, -0.2) is 10.2 Å². The second-order valence-corrected chi connectivity index (χ2v) is 4.06. The molecule has 0 aliphatic heterocycles. The standard InChI is InChI=1S/C12H12F3N3/c1-7(16)11-10(6-17-18-11)8-2-4-9(5-3-8)12(13,14)15/h2-7H,16H2,1H3,(H,17,18). The zero-order valence-electron chi connectivity index (χ0n) is 9.62. The molecule has 0 radical (unpaired) electrons. The Balaban J connectivity index is 2.38. The van der Waals surface area contributed by atoms with Crippen LogP contribution in [0.3, 0.4) is 0 Å². The summed E-state index contributed by atoms with van der Waals surface area (Å²) in [5, 5.41) is 6.62. The Kier molecular flexibility index (Phi) is 3.13. The van der Waals surface area contributed by atoms with Gasteiger partial charge in [-0.25, -0.2) is 0 Å². The molecule has 0 aliphatic carbocycles. The van der Waals surface area contributed by atoms with E-state index in [1.807, 2.05) is 0 Å². The Hall–Kier alpha value is -1.82. The largest absolute Gasteiger partial charge is 0.416 e. The van der Waals surface area contributed by atoms with Crippen molar-refractivity contribution in [2.45, 2.75) is 19.1 Å². The number of aromatic amines is 1. The van der Waals surface area contributed by atoms with Crippen molar-refractivity contribution >= 4 is 0 Å². The molecule has 6 heteroatoms. The van der Waals surface area contributed by atoms with Gasteiger partial charge in [-0.1, -0.05) is 12.1 Å². The summed E-state index contributed by atoms with van der Waals surface area (Å²) in [4.78, 5) is 0. The van der Waals surface area contributed by atoms with Gasteiger partial charge in [0.25, 0.3) is 0 Å². The van der Waals surface area contributed by atoms with Crippen LogP contribution >= 0.6 is 0 Å². The highest BCUT2D eigenvalue weighted by atomic mass is 19.4. The van der Waals surface area contributed by atoms with Crippen LogP contribution in [0.5, 0.6) is 0 Å². The topological polar surface area (TPSA) is 54.7 Å². The molecule has 1 aromatic heterocycles. The molecule has 0 bridgehead atoms. The van der Waals surface area contributed by atoms with Crippen molar-refractivity contribution in [3.8, 4) is 11.1 Å². The maximum Gasteiger partial charge on any atom is 0.416 e. The zero-order chi connectivity index (χ0) is 13.3. The number of hydrogen-bond acceptors (Lipinski definition) is 2. The average Bonchev–Trinajstić information content (AvgIpc) is 2.77. The highest BCUT2D eigenvalue weighted by Gasteiger charge is 2.30. The molecule has 96 valence electrons. The number of nitrogens with one attached hydrogen (secondary N) is 1. The number of nitrogens with two attached hydrogens (primary N) is 1. The molecular formula is C12H12F3N3. The van der Waals surface area contributed by atoms with E-state index in [4.69, 9.17) is 5.73 Å². The van der Waals surface area contributed by atoms with Gasteiger partial charge in [0.05, 0.1) is 17.5 Å². The van der Waals surface area contributed by atoms with Gasteiger partial charge in [0.1, 0.15) is 0 Å².